The Hall–Kier alpha value is -3.17. The van der Waals surface area contributed by atoms with Gasteiger partial charge in [-0.25, -0.2) is 8.78 Å². The molecule has 0 aliphatic carbocycles. The van der Waals surface area contributed by atoms with Crippen LogP contribution in [0.2, 0.25) is 0 Å². The number of ether oxygens (including phenoxy) is 2. The SMILES string of the molecule is CCN(CC)C(=O)c1cc(NC(=O)c2cc(C(F)F)[nH]n2)c(OC)c(OC)c1. The molecule has 1 aromatic heterocycles. The van der Waals surface area contributed by atoms with Gasteiger partial charge in [-0.3, -0.25) is 14.7 Å². The molecule has 0 spiro atoms. The third-order valence-electron chi connectivity index (χ3n) is 4.09. The molecule has 0 atom stereocenters. The second kappa shape index (κ2) is 9.16. The van der Waals surface area contributed by atoms with Gasteiger partial charge in [0.05, 0.1) is 19.9 Å². The third kappa shape index (κ3) is 4.38. The van der Waals surface area contributed by atoms with Crippen molar-refractivity contribution in [2.24, 2.45) is 0 Å². The molecule has 2 aromatic rings. The molecule has 10 heteroatoms. The molecule has 0 radical (unpaired) electrons. The number of carbonyl (C=O) groups is 2. The van der Waals surface area contributed by atoms with Crippen LogP contribution in [0.4, 0.5) is 14.5 Å². The molecule has 28 heavy (non-hydrogen) atoms. The van der Waals surface area contributed by atoms with Gasteiger partial charge in [-0.1, -0.05) is 0 Å². The van der Waals surface area contributed by atoms with Gasteiger partial charge < -0.3 is 19.7 Å². The third-order valence-corrected chi connectivity index (χ3v) is 4.09. The van der Waals surface area contributed by atoms with Crippen LogP contribution in [0.15, 0.2) is 18.2 Å². The first kappa shape index (κ1) is 21.1. The maximum atomic E-state index is 12.7. The zero-order chi connectivity index (χ0) is 20.8. The van der Waals surface area contributed by atoms with Crippen molar-refractivity contribution in [1.29, 1.82) is 0 Å². The highest BCUT2D eigenvalue weighted by atomic mass is 19.3. The van der Waals surface area contributed by atoms with Gasteiger partial charge in [0.25, 0.3) is 18.2 Å². The lowest BCUT2D eigenvalue weighted by molar-refractivity contribution is 0.0772. The first-order chi connectivity index (χ1) is 13.4. The van der Waals surface area contributed by atoms with Crippen LogP contribution in [-0.2, 0) is 0 Å². The number of carbonyl (C=O) groups excluding carboxylic acids is 2. The summed E-state index contributed by atoms with van der Waals surface area (Å²) in [5.41, 5.74) is -0.257. The molecule has 1 aromatic carbocycles. The fourth-order valence-electron chi connectivity index (χ4n) is 2.63. The zero-order valence-corrected chi connectivity index (χ0v) is 16.0. The van der Waals surface area contributed by atoms with Gasteiger partial charge in [0.15, 0.2) is 17.2 Å². The van der Waals surface area contributed by atoms with Crippen molar-refractivity contribution in [3.63, 3.8) is 0 Å². The second-order valence-corrected chi connectivity index (χ2v) is 5.70. The number of H-pyrrole nitrogens is 1. The number of rotatable bonds is 8. The van der Waals surface area contributed by atoms with Crippen LogP contribution < -0.4 is 14.8 Å². The molecule has 2 rings (SSSR count). The van der Waals surface area contributed by atoms with E-state index in [4.69, 9.17) is 9.47 Å². The highest BCUT2D eigenvalue weighted by Crippen LogP contribution is 2.37. The van der Waals surface area contributed by atoms with E-state index in [0.29, 0.717) is 13.1 Å². The van der Waals surface area contributed by atoms with E-state index in [2.05, 4.69) is 15.5 Å². The minimum absolute atomic E-state index is 0.156. The number of hydrogen-bond donors (Lipinski definition) is 2. The average Bonchev–Trinajstić information content (AvgIpc) is 3.18. The minimum atomic E-state index is -2.78. The molecule has 0 saturated carbocycles. The molecule has 0 unspecified atom stereocenters. The Balaban J connectivity index is 2.41. The first-order valence-corrected chi connectivity index (χ1v) is 8.56. The predicted molar refractivity (Wildman–Crippen MR) is 98.3 cm³/mol. The fourth-order valence-corrected chi connectivity index (χ4v) is 2.63. The van der Waals surface area contributed by atoms with Crippen LogP contribution in [0.3, 0.4) is 0 Å². The zero-order valence-electron chi connectivity index (χ0n) is 16.0. The van der Waals surface area contributed by atoms with E-state index in [-0.39, 0.29) is 34.4 Å². The van der Waals surface area contributed by atoms with Gasteiger partial charge in [-0.05, 0) is 32.0 Å². The van der Waals surface area contributed by atoms with Gasteiger partial charge in [0.1, 0.15) is 5.69 Å². The van der Waals surface area contributed by atoms with Gasteiger partial charge in [0, 0.05) is 18.7 Å². The Morgan fingerprint density at radius 1 is 1.18 bits per heavy atom. The standard InChI is InChI=1S/C18H22F2N4O4/c1-5-24(6-2)18(26)10-7-11(15(28-4)14(8-10)27-3)21-17(25)13-9-12(16(19)20)22-23-13/h7-9,16H,5-6H2,1-4H3,(H,21,25)(H,22,23). The van der Waals surface area contributed by atoms with E-state index in [0.717, 1.165) is 6.07 Å². The number of amides is 2. The van der Waals surface area contributed by atoms with E-state index in [9.17, 15) is 18.4 Å². The Morgan fingerprint density at radius 2 is 1.86 bits per heavy atom. The molecule has 1 heterocycles. The number of nitrogens with zero attached hydrogens (tertiary/aromatic N) is 2. The van der Waals surface area contributed by atoms with E-state index < -0.39 is 18.0 Å². The maximum absolute atomic E-state index is 12.7. The number of benzene rings is 1. The molecule has 0 saturated heterocycles. The Bertz CT molecular complexity index is 850. The average molecular weight is 396 g/mol. The summed E-state index contributed by atoms with van der Waals surface area (Å²) < 4.78 is 35.9. The summed E-state index contributed by atoms with van der Waals surface area (Å²) in [5, 5.41) is 8.22. The lowest BCUT2D eigenvalue weighted by Gasteiger charge is -2.21. The van der Waals surface area contributed by atoms with Crippen LogP contribution in [0.5, 0.6) is 11.5 Å². The highest BCUT2D eigenvalue weighted by Gasteiger charge is 2.22. The van der Waals surface area contributed by atoms with Crippen LogP contribution in [0, 0.1) is 0 Å². The van der Waals surface area contributed by atoms with E-state index in [1.54, 1.807) is 4.90 Å². The molecule has 2 N–H and O–H groups in total. The predicted octanol–water partition coefficient (Wildman–Crippen LogP) is 3.10. The van der Waals surface area contributed by atoms with Gasteiger partial charge in [-0.15, -0.1) is 0 Å². The summed E-state index contributed by atoms with van der Waals surface area (Å²) in [6, 6.07) is 3.91. The summed E-state index contributed by atoms with van der Waals surface area (Å²) in [6.45, 7) is 4.72. The van der Waals surface area contributed by atoms with Crippen molar-refractivity contribution in [2.75, 3.05) is 32.6 Å². The summed E-state index contributed by atoms with van der Waals surface area (Å²) in [7, 11) is 2.78. The number of nitrogens with one attached hydrogen (secondary N) is 2. The number of halogens is 2. The van der Waals surface area contributed by atoms with Crippen LogP contribution >= 0.6 is 0 Å². The lowest BCUT2D eigenvalue weighted by Crippen LogP contribution is -2.30. The van der Waals surface area contributed by atoms with Crippen molar-refractivity contribution in [1.82, 2.24) is 15.1 Å². The summed E-state index contributed by atoms with van der Waals surface area (Å²) in [6.07, 6.45) is -2.78. The van der Waals surface area contributed by atoms with Crippen LogP contribution in [0.25, 0.3) is 0 Å². The molecule has 0 aliphatic heterocycles. The van der Waals surface area contributed by atoms with Crippen molar-refractivity contribution in [2.45, 2.75) is 20.3 Å². The van der Waals surface area contributed by atoms with Gasteiger partial charge in [0.2, 0.25) is 0 Å². The van der Waals surface area contributed by atoms with Crippen molar-refractivity contribution in [3.05, 3.63) is 35.2 Å². The number of hydrogen-bond acceptors (Lipinski definition) is 5. The fraction of sp³-hybridized carbons (Fsp3) is 0.389. The van der Waals surface area contributed by atoms with Crippen molar-refractivity contribution in [3.8, 4) is 11.5 Å². The van der Waals surface area contributed by atoms with E-state index >= 15 is 0 Å². The van der Waals surface area contributed by atoms with Crippen LogP contribution in [-0.4, -0.2) is 54.2 Å². The molecule has 0 fully saturated rings. The quantitative estimate of drug-likeness (QED) is 0.715. The molecule has 0 bridgehead atoms. The molecule has 2 amide bonds. The number of aromatic nitrogens is 2. The molecule has 152 valence electrons. The summed E-state index contributed by atoms with van der Waals surface area (Å²) in [5.74, 6) is -0.556. The second-order valence-electron chi connectivity index (χ2n) is 5.70. The number of anilines is 1. The van der Waals surface area contributed by atoms with Crippen molar-refractivity contribution >= 4 is 17.5 Å². The summed E-state index contributed by atoms with van der Waals surface area (Å²) >= 11 is 0. The molecule has 0 aliphatic rings. The number of alkyl halides is 2. The Kier molecular flexibility index (Phi) is 6.91. The summed E-state index contributed by atoms with van der Waals surface area (Å²) in [4.78, 5) is 26.7. The van der Waals surface area contributed by atoms with Gasteiger partial charge >= 0.3 is 0 Å². The van der Waals surface area contributed by atoms with E-state index in [1.165, 1.54) is 26.4 Å². The maximum Gasteiger partial charge on any atom is 0.279 e. The van der Waals surface area contributed by atoms with Crippen LogP contribution in [0.1, 0.15) is 46.8 Å². The normalized spacial score (nSPS) is 10.7. The topological polar surface area (TPSA) is 96.6 Å². The molecule has 8 nitrogen and oxygen atoms in total. The smallest absolute Gasteiger partial charge is 0.279 e. The van der Waals surface area contributed by atoms with Gasteiger partial charge in [-0.2, -0.15) is 5.10 Å². The molecular formula is C18H22F2N4O4. The lowest BCUT2D eigenvalue weighted by atomic mass is 10.1. The molecular weight excluding hydrogens is 374 g/mol. The Morgan fingerprint density at radius 3 is 2.36 bits per heavy atom. The number of aromatic amines is 1. The largest absolute Gasteiger partial charge is 0.493 e. The Labute approximate surface area is 160 Å². The highest BCUT2D eigenvalue weighted by molar-refractivity contribution is 6.05. The monoisotopic (exact) mass is 396 g/mol. The van der Waals surface area contributed by atoms with E-state index in [1.807, 2.05) is 13.8 Å². The number of methoxy groups -OCH3 is 2. The minimum Gasteiger partial charge on any atom is -0.493 e. The van der Waals surface area contributed by atoms with Crippen molar-refractivity contribution < 1.29 is 27.8 Å². The first-order valence-electron chi connectivity index (χ1n) is 8.56.